The van der Waals surface area contributed by atoms with E-state index in [1.165, 1.54) is 16.8 Å². The minimum atomic E-state index is -0.453. The fraction of sp³-hybridized carbons (Fsp3) is 0.292. The van der Waals surface area contributed by atoms with Gasteiger partial charge in [0.25, 0.3) is 5.56 Å². The standard InChI is InChI=1S/C24H24ClFN4O2/c1-16-3-4-17(2)19(13-16)22-7-8-23(31)30(27-22)15-24(32)29-11-9-28(10-12-29)18-5-6-21(26)20(25)14-18/h3-8,13-14H,9-12,15H2,1-2H3. The number of anilines is 1. The number of carbonyl (C=O) groups excluding carboxylic acids is 1. The first kappa shape index (κ1) is 22.0. The number of rotatable bonds is 4. The SMILES string of the molecule is Cc1ccc(C)c(-c2ccc(=O)n(CC(=O)N3CCN(c4ccc(F)c(Cl)c4)CC3)n2)c1. The number of carbonyl (C=O) groups is 1. The summed E-state index contributed by atoms with van der Waals surface area (Å²) in [5, 5.41) is 4.53. The Bertz CT molecular complexity index is 1220. The van der Waals surface area contributed by atoms with Gasteiger partial charge in [-0.2, -0.15) is 5.10 Å². The minimum Gasteiger partial charge on any atom is -0.368 e. The Kier molecular flexibility index (Phi) is 6.28. The topological polar surface area (TPSA) is 58.4 Å². The van der Waals surface area contributed by atoms with Gasteiger partial charge in [-0.05, 0) is 49.7 Å². The second kappa shape index (κ2) is 9.12. The minimum absolute atomic E-state index is 0.0789. The molecular formula is C24H24ClFN4O2. The Labute approximate surface area is 190 Å². The first-order valence-electron chi connectivity index (χ1n) is 10.5. The maximum atomic E-state index is 13.4. The fourth-order valence-electron chi connectivity index (χ4n) is 3.84. The summed E-state index contributed by atoms with van der Waals surface area (Å²) in [7, 11) is 0. The van der Waals surface area contributed by atoms with Crippen LogP contribution in [0, 0.1) is 19.7 Å². The number of aryl methyl sites for hydroxylation is 2. The molecule has 0 aliphatic carbocycles. The largest absolute Gasteiger partial charge is 0.368 e. The highest BCUT2D eigenvalue weighted by atomic mass is 35.5. The van der Waals surface area contributed by atoms with Crippen molar-refractivity contribution in [2.45, 2.75) is 20.4 Å². The zero-order valence-electron chi connectivity index (χ0n) is 18.0. The Morgan fingerprint density at radius 3 is 2.50 bits per heavy atom. The predicted molar refractivity (Wildman–Crippen MR) is 124 cm³/mol. The van der Waals surface area contributed by atoms with Crippen molar-refractivity contribution in [2.24, 2.45) is 0 Å². The molecule has 1 aromatic heterocycles. The summed E-state index contributed by atoms with van der Waals surface area (Å²) in [4.78, 5) is 29.0. The molecule has 2 heterocycles. The van der Waals surface area contributed by atoms with Crippen LogP contribution in [0.5, 0.6) is 0 Å². The number of hydrogen-bond donors (Lipinski definition) is 0. The van der Waals surface area contributed by atoms with E-state index in [-0.39, 0.29) is 23.0 Å². The van der Waals surface area contributed by atoms with Crippen LogP contribution in [0.4, 0.5) is 10.1 Å². The molecule has 0 saturated carbocycles. The Morgan fingerprint density at radius 1 is 1.03 bits per heavy atom. The van der Waals surface area contributed by atoms with Crippen molar-refractivity contribution in [1.82, 2.24) is 14.7 Å². The zero-order valence-corrected chi connectivity index (χ0v) is 18.8. The molecule has 1 saturated heterocycles. The third-order valence-corrected chi connectivity index (χ3v) is 6.01. The van der Waals surface area contributed by atoms with E-state index in [0.717, 1.165) is 22.4 Å². The molecule has 0 atom stereocenters. The summed E-state index contributed by atoms with van der Waals surface area (Å²) in [6.07, 6.45) is 0. The number of benzene rings is 2. The van der Waals surface area contributed by atoms with Crippen molar-refractivity contribution in [3.05, 3.63) is 80.9 Å². The van der Waals surface area contributed by atoms with E-state index in [1.807, 2.05) is 32.0 Å². The van der Waals surface area contributed by atoms with Crippen molar-refractivity contribution in [3.8, 4) is 11.3 Å². The first-order valence-corrected chi connectivity index (χ1v) is 10.8. The number of amides is 1. The van der Waals surface area contributed by atoms with Gasteiger partial charge < -0.3 is 9.80 Å². The van der Waals surface area contributed by atoms with Gasteiger partial charge in [0.1, 0.15) is 12.4 Å². The van der Waals surface area contributed by atoms with Crippen LogP contribution in [0.3, 0.4) is 0 Å². The Hall–Kier alpha value is -3.19. The highest BCUT2D eigenvalue weighted by molar-refractivity contribution is 6.31. The van der Waals surface area contributed by atoms with Gasteiger partial charge in [0.05, 0.1) is 10.7 Å². The Balaban J connectivity index is 1.45. The molecule has 4 rings (SSSR count). The van der Waals surface area contributed by atoms with E-state index in [2.05, 4.69) is 10.00 Å². The number of hydrogen-bond acceptors (Lipinski definition) is 4. The van der Waals surface area contributed by atoms with E-state index >= 15 is 0 Å². The Morgan fingerprint density at radius 2 is 1.78 bits per heavy atom. The van der Waals surface area contributed by atoms with E-state index in [4.69, 9.17) is 11.6 Å². The lowest BCUT2D eigenvalue weighted by molar-refractivity contribution is -0.132. The van der Waals surface area contributed by atoms with Gasteiger partial charge in [-0.25, -0.2) is 9.07 Å². The van der Waals surface area contributed by atoms with Gasteiger partial charge >= 0.3 is 0 Å². The molecule has 32 heavy (non-hydrogen) atoms. The van der Waals surface area contributed by atoms with Crippen LogP contribution in [0.1, 0.15) is 11.1 Å². The van der Waals surface area contributed by atoms with Crippen LogP contribution in [-0.4, -0.2) is 46.8 Å². The second-order valence-corrected chi connectivity index (χ2v) is 8.41. The lowest BCUT2D eigenvalue weighted by Crippen LogP contribution is -2.50. The maximum absolute atomic E-state index is 13.4. The zero-order chi connectivity index (χ0) is 22.8. The number of nitrogens with zero attached hydrogens (tertiary/aromatic N) is 4. The van der Waals surface area contributed by atoms with Crippen molar-refractivity contribution in [3.63, 3.8) is 0 Å². The number of aromatic nitrogens is 2. The normalized spacial score (nSPS) is 14.0. The van der Waals surface area contributed by atoms with Crippen molar-refractivity contribution in [1.29, 1.82) is 0 Å². The molecule has 1 aliphatic heterocycles. The average Bonchev–Trinajstić information content (AvgIpc) is 2.79. The fourth-order valence-corrected chi connectivity index (χ4v) is 4.02. The lowest BCUT2D eigenvalue weighted by atomic mass is 10.0. The predicted octanol–water partition coefficient (Wildman–Crippen LogP) is 3.67. The molecule has 0 bridgehead atoms. The first-order chi connectivity index (χ1) is 15.3. The summed E-state index contributed by atoms with van der Waals surface area (Å²) >= 11 is 5.89. The summed E-state index contributed by atoms with van der Waals surface area (Å²) < 4.78 is 14.6. The smallest absolute Gasteiger partial charge is 0.267 e. The third kappa shape index (κ3) is 4.67. The van der Waals surface area contributed by atoms with E-state index in [9.17, 15) is 14.0 Å². The molecule has 6 nitrogen and oxygen atoms in total. The summed E-state index contributed by atoms with van der Waals surface area (Å²) in [5.74, 6) is -0.611. The molecular weight excluding hydrogens is 431 g/mol. The lowest BCUT2D eigenvalue weighted by Gasteiger charge is -2.36. The molecule has 2 aromatic carbocycles. The molecule has 0 spiro atoms. The number of piperazine rings is 1. The van der Waals surface area contributed by atoms with Crippen LogP contribution in [-0.2, 0) is 11.3 Å². The number of halogens is 2. The van der Waals surface area contributed by atoms with Crippen LogP contribution >= 0.6 is 11.6 Å². The van der Waals surface area contributed by atoms with Crippen molar-refractivity contribution < 1.29 is 9.18 Å². The van der Waals surface area contributed by atoms with Gasteiger partial charge in [0, 0.05) is 43.5 Å². The van der Waals surface area contributed by atoms with E-state index in [1.54, 1.807) is 23.1 Å². The molecule has 3 aromatic rings. The molecule has 8 heteroatoms. The van der Waals surface area contributed by atoms with Crippen molar-refractivity contribution in [2.75, 3.05) is 31.1 Å². The molecule has 1 fully saturated rings. The monoisotopic (exact) mass is 454 g/mol. The van der Waals surface area contributed by atoms with Gasteiger partial charge in [0.2, 0.25) is 5.91 Å². The summed E-state index contributed by atoms with van der Waals surface area (Å²) in [5.41, 5.74) is 4.27. The maximum Gasteiger partial charge on any atom is 0.267 e. The van der Waals surface area contributed by atoms with Crippen LogP contribution in [0.2, 0.25) is 5.02 Å². The van der Waals surface area contributed by atoms with Gasteiger partial charge in [-0.15, -0.1) is 0 Å². The van der Waals surface area contributed by atoms with Crippen molar-refractivity contribution >= 4 is 23.2 Å². The molecule has 0 unspecified atom stereocenters. The summed E-state index contributed by atoms with van der Waals surface area (Å²) in [6.45, 7) is 6.07. The van der Waals surface area contributed by atoms with Crippen LogP contribution < -0.4 is 10.5 Å². The third-order valence-electron chi connectivity index (χ3n) is 5.72. The molecule has 1 aliphatic rings. The van der Waals surface area contributed by atoms with Gasteiger partial charge in [0.15, 0.2) is 0 Å². The van der Waals surface area contributed by atoms with Gasteiger partial charge in [-0.1, -0.05) is 29.3 Å². The molecule has 166 valence electrons. The highest BCUT2D eigenvalue weighted by Gasteiger charge is 2.22. The molecule has 0 N–H and O–H groups in total. The summed E-state index contributed by atoms with van der Waals surface area (Å²) in [6, 6.07) is 13.8. The average molecular weight is 455 g/mol. The van der Waals surface area contributed by atoms with E-state index in [0.29, 0.717) is 31.9 Å². The van der Waals surface area contributed by atoms with Crippen LogP contribution in [0.15, 0.2) is 53.3 Å². The quantitative estimate of drug-likeness (QED) is 0.603. The molecule has 0 radical (unpaired) electrons. The van der Waals surface area contributed by atoms with Crippen LogP contribution in [0.25, 0.3) is 11.3 Å². The highest BCUT2D eigenvalue weighted by Crippen LogP contribution is 2.24. The van der Waals surface area contributed by atoms with E-state index < -0.39 is 5.82 Å². The van der Waals surface area contributed by atoms with Gasteiger partial charge in [-0.3, -0.25) is 9.59 Å². The molecule has 1 amide bonds. The second-order valence-electron chi connectivity index (χ2n) is 8.00.